The summed E-state index contributed by atoms with van der Waals surface area (Å²) in [7, 11) is 9.26. The monoisotopic (exact) mass is 716 g/mol. The van der Waals surface area contributed by atoms with Crippen LogP contribution < -0.4 is 44.4 Å². The van der Waals surface area contributed by atoms with Crippen LogP contribution in [0.3, 0.4) is 0 Å². The van der Waals surface area contributed by atoms with E-state index in [9.17, 15) is 14.4 Å². The standard InChI is InChI=1S/C39H48N4O9/c1-47-31-13-7-10-28(37(31)50-4)16-19-34(44)40-22-25-43(26-23-41-35(45)20-17-29-11-8-14-32(48-2)38(29)51-5)27-24-42-36(46)21-18-30-12-9-15-33(49-3)39(30)52-6/h7-21H,22-27H2,1-6H3,(H,40,44)(H,41,45)(H,42,46)/b19-16+,20-17+,21-18+. The molecule has 0 aromatic heterocycles. The third kappa shape index (κ3) is 12.4. The van der Waals surface area contributed by atoms with Gasteiger partial charge in [0.15, 0.2) is 34.5 Å². The van der Waals surface area contributed by atoms with E-state index in [0.29, 0.717) is 90.5 Å². The Morgan fingerprint density at radius 1 is 0.481 bits per heavy atom. The largest absolute Gasteiger partial charge is 0.493 e. The maximum Gasteiger partial charge on any atom is 0.244 e. The van der Waals surface area contributed by atoms with Crippen LogP contribution in [0.4, 0.5) is 0 Å². The number of carbonyl (C=O) groups is 3. The van der Waals surface area contributed by atoms with Crippen LogP contribution in [0.15, 0.2) is 72.8 Å². The van der Waals surface area contributed by atoms with Crippen LogP contribution >= 0.6 is 0 Å². The number of amides is 3. The third-order valence-electron chi connectivity index (χ3n) is 7.72. The van der Waals surface area contributed by atoms with Gasteiger partial charge in [-0.15, -0.1) is 0 Å². The zero-order valence-electron chi connectivity index (χ0n) is 30.5. The summed E-state index contributed by atoms with van der Waals surface area (Å²) in [4.78, 5) is 40.0. The predicted molar refractivity (Wildman–Crippen MR) is 201 cm³/mol. The van der Waals surface area contributed by atoms with Gasteiger partial charge in [-0.05, 0) is 36.4 Å². The van der Waals surface area contributed by atoms with Crippen LogP contribution in [0.25, 0.3) is 18.2 Å². The van der Waals surface area contributed by atoms with Crippen molar-refractivity contribution in [2.75, 3.05) is 81.9 Å². The van der Waals surface area contributed by atoms with Crippen molar-refractivity contribution in [3.8, 4) is 34.5 Å². The smallest absolute Gasteiger partial charge is 0.244 e. The second kappa shape index (κ2) is 22.0. The van der Waals surface area contributed by atoms with E-state index in [0.717, 1.165) is 0 Å². The number of benzene rings is 3. The van der Waals surface area contributed by atoms with E-state index in [1.54, 1.807) is 57.8 Å². The minimum atomic E-state index is -0.289. The quantitative estimate of drug-likeness (QED) is 0.139. The topological polar surface area (TPSA) is 146 Å². The van der Waals surface area contributed by atoms with Crippen molar-refractivity contribution in [1.29, 1.82) is 0 Å². The van der Waals surface area contributed by atoms with Crippen molar-refractivity contribution in [3.05, 3.63) is 89.5 Å². The molecule has 0 aliphatic carbocycles. The van der Waals surface area contributed by atoms with Crippen molar-refractivity contribution in [2.24, 2.45) is 0 Å². The number of nitrogens with zero attached hydrogens (tertiary/aromatic N) is 1. The van der Waals surface area contributed by atoms with E-state index in [4.69, 9.17) is 28.4 Å². The molecule has 0 saturated heterocycles. The molecular formula is C39H48N4O9. The molecule has 0 aliphatic heterocycles. The zero-order valence-corrected chi connectivity index (χ0v) is 30.5. The van der Waals surface area contributed by atoms with Gasteiger partial charge in [-0.1, -0.05) is 36.4 Å². The molecule has 0 aliphatic rings. The highest BCUT2D eigenvalue weighted by Gasteiger charge is 2.11. The fourth-order valence-corrected chi connectivity index (χ4v) is 5.15. The van der Waals surface area contributed by atoms with Crippen LogP contribution in [0, 0.1) is 0 Å². The van der Waals surface area contributed by atoms with Crippen LogP contribution in [0.5, 0.6) is 34.5 Å². The summed E-state index contributed by atoms with van der Waals surface area (Å²) in [6.07, 6.45) is 9.24. The average Bonchev–Trinajstić information content (AvgIpc) is 3.17. The number of carbonyl (C=O) groups excluding carboxylic acids is 3. The minimum absolute atomic E-state index is 0.289. The van der Waals surface area contributed by atoms with Crippen molar-refractivity contribution in [1.82, 2.24) is 20.9 Å². The lowest BCUT2D eigenvalue weighted by molar-refractivity contribution is -0.117. The van der Waals surface area contributed by atoms with E-state index >= 15 is 0 Å². The molecule has 0 atom stereocenters. The maximum atomic E-state index is 12.7. The summed E-state index contributed by atoms with van der Waals surface area (Å²) in [5.41, 5.74) is 2.09. The Bertz CT molecular complexity index is 1520. The van der Waals surface area contributed by atoms with Gasteiger partial charge in [0.2, 0.25) is 17.7 Å². The van der Waals surface area contributed by atoms with Gasteiger partial charge in [0.05, 0.1) is 42.7 Å². The minimum Gasteiger partial charge on any atom is -0.493 e. The molecule has 0 spiro atoms. The number of ether oxygens (including phenoxy) is 6. The molecule has 0 unspecified atom stereocenters. The highest BCUT2D eigenvalue weighted by Crippen LogP contribution is 2.33. The van der Waals surface area contributed by atoms with Gasteiger partial charge in [0, 0.05) is 74.2 Å². The molecule has 0 heterocycles. The first-order chi connectivity index (χ1) is 25.3. The number of methoxy groups -OCH3 is 6. The Morgan fingerprint density at radius 3 is 1.02 bits per heavy atom. The third-order valence-corrected chi connectivity index (χ3v) is 7.72. The van der Waals surface area contributed by atoms with E-state index in [1.165, 1.54) is 39.6 Å². The van der Waals surface area contributed by atoms with E-state index in [-0.39, 0.29) is 17.7 Å². The highest BCUT2D eigenvalue weighted by atomic mass is 16.5. The fraction of sp³-hybridized carbons (Fsp3) is 0.308. The molecule has 0 saturated carbocycles. The second-order valence-corrected chi connectivity index (χ2v) is 11.0. The summed E-state index contributed by atoms with van der Waals surface area (Å²) < 4.78 is 32.3. The summed E-state index contributed by atoms with van der Waals surface area (Å²) >= 11 is 0. The summed E-state index contributed by atoms with van der Waals surface area (Å²) in [6, 6.07) is 16.2. The molecule has 3 aromatic rings. The lowest BCUT2D eigenvalue weighted by Gasteiger charge is -2.22. The van der Waals surface area contributed by atoms with Crippen molar-refractivity contribution >= 4 is 35.9 Å². The highest BCUT2D eigenvalue weighted by molar-refractivity contribution is 5.93. The molecule has 13 nitrogen and oxygen atoms in total. The molecule has 3 amide bonds. The lowest BCUT2D eigenvalue weighted by Crippen LogP contribution is -2.42. The SMILES string of the molecule is COc1cccc(/C=C/C(=O)NCCN(CCNC(=O)/C=C/c2cccc(OC)c2OC)CCNC(=O)/C=C/c2cccc(OC)c2OC)c1OC. The zero-order chi connectivity index (χ0) is 37.7. The van der Waals surface area contributed by atoms with E-state index in [1.807, 2.05) is 41.3 Å². The summed E-state index contributed by atoms with van der Waals surface area (Å²) in [6.45, 7) is 2.35. The van der Waals surface area contributed by atoms with Crippen LogP contribution in [0.2, 0.25) is 0 Å². The molecule has 3 rings (SSSR count). The number of hydrogen-bond acceptors (Lipinski definition) is 10. The lowest BCUT2D eigenvalue weighted by atomic mass is 10.1. The Labute approximate surface area is 305 Å². The second-order valence-electron chi connectivity index (χ2n) is 11.0. The van der Waals surface area contributed by atoms with Gasteiger partial charge in [-0.25, -0.2) is 0 Å². The normalized spacial score (nSPS) is 11.1. The first kappa shape index (κ1) is 40.5. The molecule has 3 aromatic carbocycles. The van der Waals surface area contributed by atoms with Gasteiger partial charge in [-0.3, -0.25) is 19.3 Å². The maximum absolute atomic E-state index is 12.7. The molecule has 278 valence electrons. The van der Waals surface area contributed by atoms with Crippen LogP contribution in [-0.2, 0) is 14.4 Å². The van der Waals surface area contributed by atoms with Gasteiger partial charge >= 0.3 is 0 Å². The van der Waals surface area contributed by atoms with E-state index in [2.05, 4.69) is 16.0 Å². The number of hydrogen-bond donors (Lipinski definition) is 3. The molecule has 0 bridgehead atoms. The van der Waals surface area contributed by atoms with Gasteiger partial charge in [-0.2, -0.15) is 0 Å². The molecule has 52 heavy (non-hydrogen) atoms. The fourth-order valence-electron chi connectivity index (χ4n) is 5.15. The van der Waals surface area contributed by atoms with Crippen molar-refractivity contribution in [2.45, 2.75) is 0 Å². The molecule has 0 fully saturated rings. The van der Waals surface area contributed by atoms with Gasteiger partial charge in [0.25, 0.3) is 0 Å². The Kier molecular flexibility index (Phi) is 17.1. The molecule has 0 radical (unpaired) electrons. The van der Waals surface area contributed by atoms with Crippen LogP contribution in [-0.4, -0.2) is 105 Å². The molecule has 3 N–H and O–H groups in total. The Hall–Kier alpha value is -5.95. The average molecular weight is 717 g/mol. The number of para-hydroxylation sites is 3. The Morgan fingerprint density at radius 2 is 0.769 bits per heavy atom. The van der Waals surface area contributed by atoms with E-state index < -0.39 is 0 Å². The first-order valence-corrected chi connectivity index (χ1v) is 16.5. The first-order valence-electron chi connectivity index (χ1n) is 16.5. The van der Waals surface area contributed by atoms with Crippen LogP contribution in [0.1, 0.15) is 16.7 Å². The molecular weight excluding hydrogens is 668 g/mol. The van der Waals surface area contributed by atoms with Gasteiger partial charge in [0.1, 0.15) is 0 Å². The van der Waals surface area contributed by atoms with Gasteiger partial charge < -0.3 is 44.4 Å². The predicted octanol–water partition coefficient (Wildman–Crippen LogP) is 3.83. The number of nitrogens with one attached hydrogen (secondary N) is 3. The van der Waals surface area contributed by atoms with Crippen molar-refractivity contribution < 1.29 is 42.8 Å². The number of rotatable bonds is 21. The summed E-state index contributed by atoms with van der Waals surface area (Å²) in [5.74, 6) is 2.40. The molecule has 13 heteroatoms. The van der Waals surface area contributed by atoms with Crippen molar-refractivity contribution in [3.63, 3.8) is 0 Å². The summed E-state index contributed by atoms with van der Waals surface area (Å²) in [5, 5.41) is 8.65. The Balaban J connectivity index is 1.59.